The first-order valence-corrected chi connectivity index (χ1v) is 31.5. The summed E-state index contributed by atoms with van der Waals surface area (Å²) in [6, 6.07) is 13.0. The highest BCUT2D eigenvalue weighted by atomic mass is 16.7. The fourth-order valence-corrected chi connectivity index (χ4v) is 9.69. The number of carbonyl (C=O) groups is 6. The number of rotatable bonds is 37. The molecule has 0 bridgehead atoms. The zero-order valence-corrected chi connectivity index (χ0v) is 54.8. The number of hydroxylamine groups is 1. The van der Waals surface area contributed by atoms with E-state index < -0.39 is 64.9 Å². The van der Waals surface area contributed by atoms with Crippen LogP contribution in [0.3, 0.4) is 0 Å². The summed E-state index contributed by atoms with van der Waals surface area (Å²) in [6.07, 6.45) is 1.18. The molecule has 29 heteroatoms. The number of carbonyl (C=O) groups excluding carboxylic acids is 6. The first-order valence-electron chi connectivity index (χ1n) is 31.5. The smallest absolute Gasteiger partial charge is 0.431 e. The first-order chi connectivity index (χ1) is 43.9. The van der Waals surface area contributed by atoms with E-state index in [1.807, 2.05) is 24.3 Å². The van der Waals surface area contributed by atoms with E-state index in [9.17, 15) is 33.6 Å². The third-order valence-corrected chi connectivity index (χ3v) is 14.2. The lowest BCUT2D eigenvalue weighted by molar-refractivity contribution is -0.181. The monoisotopic (exact) mass is 1290 g/mol. The number of hydrogen-bond donors (Lipinski definition) is 7. The molecule has 2 aromatic heterocycles. The molecule has 2 aliphatic heterocycles. The van der Waals surface area contributed by atoms with E-state index in [4.69, 9.17) is 53.2 Å². The molecule has 6 amide bonds. The topological polar surface area (TPSA) is 351 Å². The number of nitrogens with one attached hydrogen (secondary N) is 6. The van der Waals surface area contributed by atoms with Gasteiger partial charge >= 0.3 is 30.0 Å². The number of aromatic amines is 1. The van der Waals surface area contributed by atoms with Gasteiger partial charge in [-0.25, -0.2) is 19.2 Å². The van der Waals surface area contributed by atoms with Gasteiger partial charge < -0.3 is 79.5 Å². The average Bonchev–Trinajstić information content (AvgIpc) is 0.919. The second kappa shape index (κ2) is 36.5. The van der Waals surface area contributed by atoms with Crippen LogP contribution in [0.15, 0.2) is 53.3 Å². The maximum atomic E-state index is 14.0. The highest BCUT2D eigenvalue weighted by Crippen LogP contribution is 2.31. The minimum Gasteiger partial charge on any atom is -0.463 e. The Balaban J connectivity index is 0.897. The van der Waals surface area contributed by atoms with E-state index >= 15 is 0 Å². The number of anilines is 2. The van der Waals surface area contributed by atoms with Crippen LogP contribution in [-0.2, 0) is 76.8 Å². The molecule has 0 aliphatic carbocycles. The standard InChI is InChI=1S/C63H96N12O17/c1-10-11-26-87-56-70-52(64)51-53(71-56)75(57(79)69-51)38-45-17-15-44(16-18-45)37-73-40-63(41-73)42-74(25-28-89-63)60(82)88-39-46-19-21-47(22-20-46)66-54(77)48(14-12-13-24-65-58(80)91-61(4,5)6)67-55(78)50(43(2)3)68-49(76)23-27-83-29-30-84-31-32-85-33-34-86-35-36-90-72-59(81)92-62(7,8)9/h15-22,43,48,50H,10-14,23-42H2,1-9H3,(H,65,80)(H,66,77)(H,67,78)(H,68,76)(H,69,79)(H,72,81)(H2,64,70,71)/t48-,50-/m0/s1. The van der Waals surface area contributed by atoms with E-state index in [-0.39, 0.29) is 89.0 Å². The van der Waals surface area contributed by atoms with E-state index in [0.717, 1.165) is 24.0 Å². The van der Waals surface area contributed by atoms with Gasteiger partial charge in [0.1, 0.15) is 41.0 Å². The zero-order valence-electron chi connectivity index (χ0n) is 54.8. The van der Waals surface area contributed by atoms with Crippen LogP contribution in [0.1, 0.15) is 118 Å². The Kier molecular flexibility index (Phi) is 29.1. The number of fused-ring (bicyclic) bond motifs is 1. The number of alkyl carbamates (subject to hydrolysis) is 1. The Bertz CT molecular complexity index is 3030. The summed E-state index contributed by atoms with van der Waals surface area (Å²) in [5, 5.41) is 11.2. The summed E-state index contributed by atoms with van der Waals surface area (Å²) in [5.41, 5.74) is 9.99. The molecule has 8 N–H and O–H groups in total. The Morgan fingerprint density at radius 3 is 1.96 bits per heavy atom. The zero-order chi connectivity index (χ0) is 66.7. The number of H-pyrrole nitrogens is 1. The van der Waals surface area contributed by atoms with Crippen LogP contribution in [-0.4, -0.2) is 200 Å². The molecule has 6 rings (SSSR count). The van der Waals surface area contributed by atoms with Crippen molar-refractivity contribution in [3.8, 4) is 6.01 Å². The lowest BCUT2D eigenvalue weighted by Gasteiger charge is -2.53. The number of nitrogen functional groups attached to an aromatic ring is 1. The van der Waals surface area contributed by atoms with Crippen molar-refractivity contribution >= 4 is 58.7 Å². The van der Waals surface area contributed by atoms with Gasteiger partial charge in [-0.15, -0.1) is 0 Å². The maximum Gasteiger partial charge on any atom is 0.431 e. The number of likely N-dealkylation sites (tertiary alicyclic amines) is 1. The molecule has 4 aromatic rings. The summed E-state index contributed by atoms with van der Waals surface area (Å²) in [5.74, 6) is -1.65. The van der Waals surface area contributed by atoms with E-state index in [0.29, 0.717) is 108 Å². The highest BCUT2D eigenvalue weighted by molar-refractivity contribution is 5.98. The van der Waals surface area contributed by atoms with Crippen molar-refractivity contribution in [1.29, 1.82) is 0 Å². The van der Waals surface area contributed by atoms with Gasteiger partial charge in [0.15, 0.2) is 11.5 Å². The highest BCUT2D eigenvalue weighted by Gasteiger charge is 2.48. The summed E-state index contributed by atoms with van der Waals surface area (Å²) in [6.45, 7) is 22.5. The summed E-state index contributed by atoms with van der Waals surface area (Å²) in [7, 11) is 0. The molecule has 2 aromatic carbocycles. The van der Waals surface area contributed by atoms with E-state index in [2.05, 4.69) is 53.5 Å². The van der Waals surface area contributed by atoms with Gasteiger partial charge in [-0.1, -0.05) is 63.6 Å². The lowest BCUT2D eigenvalue weighted by atomic mass is 9.91. The molecule has 2 fully saturated rings. The normalized spacial score (nSPS) is 14.7. The third-order valence-electron chi connectivity index (χ3n) is 14.2. The van der Waals surface area contributed by atoms with Crippen LogP contribution in [0.5, 0.6) is 6.01 Å². The van der Waals surface area contributed by atoms with Crippen LogP contribution in [0.25, 0.3) is 11.2 Å². The Hall–Kier alpha value is -7.67. The van der Waals surface area contributed by atoms with E-state index in [1.165, 1.54) is 4.57 Å². The lowest BCUT2D eigenvalue weighted by Crippen LogP contribution is -2.70. The van der Waals surface area contributed by atoms with Gasteiger partial charge in [0.2, 0.25) is 17.7 Å². The van der Waals surface area contributed by atoms with Crippen molar-refractivity contribution in [2.45, 2.75) is 149 Å². The number of amides is 6. The molecule has 0 saturated carbocycles. The predicted molar refractivity (Wildman–Crippen MR) is 339 cm³/mol. The SMILES string of the molecule is CCCCOc1nc(N)c2[nH]c(=O)n(Cc3ccc(CN4CC5(C4)CN(C(=O)OCc4ccc(NC(=O)[C@H](CCCCNC(=O)OC(C)(C)C)NC(=O)[C@@H](NC(=O)CCOCCOCCOCCOCCONC(=O)OC(C)(C)C)C(C)C)cc4)CCO5)cc3)c2n1. The number of unbranched alkanes of at least 4 members (excludes halogenated alkanes) is 2. The number of morpholine rings is 1. The minimum atomic E-state index is -1.02. The minimum absolute atomic E-state index is 0.0166. The second-order valence-electron chi connectivity index (χ2n) is 24.9. The Morgan fingerprint density at radius 1 is 0.717 bits per heavy atom. The van der Waals surface area contributed by atoms with Gasteiger partial charge in [-0.05, 0) is 102 Å². The predicted octanol–water partition coefficient (Wildman–Crippen LogP) is 5.32. The largest absolute Gasteiger partial charge is 0.463 e. The number of nitrogens with two attached hydrogens (primary N) is 1. The number of hydrogen-bond acceptors (Lipinski definition) is 21. The molecular formula is C63H96N12O17. The fraction of sp³-hybridized carbons (Fsp3) is 0.635. The number of benzene rings is 2. The Morgan fingerprint density at radius 2 is 1.33 bits per heavy atom. The first kappa shape index (κ1) is 73.4. The van der Waals surface area contributed by atoms with Crippen molar-refractivity contribution < 1.29 is 76.2 Å². The molecule has 92 heavy (non-hydrogen) atoms. The maximum absolute atomic E-state index is 14.0. The molecular weight excluding hydrogens is 1200 g/mol. The summed E-state index contributed by atoms with van der Waals surface area (Å²) in [4.78, 5) is 111. The number of aromatic nitrogens is 4. The molecule has 0 unspecified atom stereocenters. The van der Waals surface area contributed by atoms with Gasteiger partial charge in [-0.3, -0.25) is 28.7 Å². The molecule has 0 radical (unpaired) electrons. The van der Waals surface area contributed by atoms with E-state index in [1.54, 1.807) is 84.6 Å². The molecule has 510 valence electrons. The number of imidazole rings is 1. The van der Waals surface area contributed by atoms with Crippen LogP contribution in [0.2, 0.25) is 0 Å². The van der Waals surface area contributed by atoms with Gasteiger partial charge in [-0.2, -0.15) is 15.4 Å². The molecule has 29 nitrogen and oxygen atoms in total. The molecule has 2 saturated heterocycles. The molecule has 4 heterocycles. The van der Waals surface area contributed by atoms with Crippen LogP contribution in [0.4, 0.5) is 25.9 Å². The quantitative estimate of drug-likeness (QED) is 0.0170. The van der Waals surface area contributed by atoms with Crippen molar-refractivity contribution in [2.75, 3.05) is 116 Å². The van der Waals surface area contributed by atoms with Crippen LogP contribution in [0, 0.1) is 5.92 Å². The summed E-state index contributed by atoms with van der Waals surface area (Å²) < 4.78 is 51.6. The molecule has 2 atom stereocenters. The van der Waals surface area contributed by atoms with Crippen molar-refractivity contribution in [3.05, 3.63) is 75.7 Å². The summed E-state index contributed by atoms with van der Waals surface area (Å²) >= 11 is 0. The van der Waals surface area contributed by atoms with Gasteiger partial charge in [0.25, 0.3) is 0 Å². The fourth-order valence-electron chi connectivity index (χ4n) is 9.69. The number of nitrogens with zero attached hydrogens (tertiary/aromatic N) is 5. The van der Waals surface area contributed by atoms with Crippen molar-refractivity contribution in [1.82, 2.24) is 50.7 Å². The third kappa shape index (κ3) is 25.8. The Labute approximate surface area is 537 Å². The van der Waals surface area contributed by atoms with Crippen LogP contribution < -0.4 is 42.9 Å². The van der Waals surface area contributed by atoms with Gasteiger partial charge in [0, 0.05) is 44.8 Å². The molecule has 2 aliphatic rings. The average molecular weight is 1290 g/mol. The number of ether oxygens (including phenoxy) is 9. The van der Waals surface area contributed by atoms with Crippen LogP contribution >= 0.6 is 0 Å². The van der Waals surface area contributed by atoms with Gasteiger partial charge in [0.05, 0.1) is 85.8 Å². The molecule has 1 spiro atoms. The van der Waals surface area contributed by atoms with Crippen molar-refractivity contribution in [2.24, 2.45) is 5.92 Å². The van der Waals surface area contributed by atoms with Crippen molar-refractivity contribution in [3.63, 3.8) is 0 Å². The second-order valence-corrected chi connectivity index (χ2v) is 24.9.